The van der Waals surface area contributed by atoms with Crippen molar-refractivity contribution in [2.75, 3.05) is 5.32 Å². The number of carbonyl (C=O) groups excluding carboxylic acids is 2. The van der Waals surface area contributed by atoms with Crippen molar-refractivity contribution < 1.29 is 14.0 Å². The number of halogens is 1. The highest BCUT2D eigenvalue weighted by molar-refractivity contribution is 6.07. The van der Waals surface area contributed by atoms with E-state index in [-0.39, 0.29) is 11.8 Å². The van der Waals surface area contributed by atoms with Gasteiger partial charge < -0.3 is 16.0 Å². The van der Waals surface area contributed by atoms with Gasteiger partial charge in [0.05, 0.1) is 11.6 Å². The summed E-state index contributed by atoms with van der Waals surface area (Å²) in [4.78, 5) is 25.0. The molecule has 27 heavy (non-hydrogen) atoms. The second-order valence-electron chi connectivity index (χ2n) is 6.82. The fraction of sp³-hybridized carbons (Fsp3) is 0.238. The van der Waals surface area contributed by atoms with Gasteiger partial charge in [-0.25, -0.2) is 9.18 Å². The molecule has 5 nitrogen and oxygen atoms in total. The summed E-state index contributed by atoms with van der Waals surface area (Å²) in [5, 5.41) is 8.27. The van der Waals surface area contributed by atoms with Crippen LogP contribution in [-0.4, -0.2) is 11.9 Å². The van der Waals surface area contributed by atoms with Gasteiger partial charge in [0.1, 0.15) is 5.82 Å². The molecule has 6 heteroatoms. The van der Waals surface area contributed by atoms with Gasteiger partial charge in [-0.3, -0.25) is 4.79 Å². The largest absolute Gasteiger partial charge is 0.327 e. The van der Waals surface area contributed by atoms with Crippen LogP contribution in [0.1, 0.15) is 43.9 Å². The van der Waals surface area contributed by atoms with E-state index in [0.717, 1.165) is 5.56 Å². The maximum absolute atomic E-state index is 13.7. The molecule has 2 aromatic rings. The smallest absolute Gasteiger partial charge is 0.319 e. The number of rotatable bonds is 4. The van der Waals surface area contributed by atoms with Crippen LogP contribution in [0.3, 0.4) is 0 Å². The molecule has 1 aliphatic heterocycles. The number of hydrogen-bond donors (Lipinski definition) is 3. The fourth-order valence-electron chi connectivity index (χ4n) is 3.23. The van der Waals surface area contributed by atoms with Crippen molar-refractivity contribution in [3.63, 3.8) is 0 Å². The summed E-state index contributed by atoms with van der Waals surface area (Å²) in [6.45, 7) is 5.76. The van der Waals surface area contributed by atoms with Crippen LogP contribution < -0.4 is 16.0 Å². The maximum atomic E-state index is 13.7. The average Bonchev–Trinajstić information content (AvgIpc) is 2.61. The van der Waals surface area contributed by atoms with Crippen molar-refractivity contribution in [2.45, 2.75) is 32.7 Å². The molecule has 0 fully saturated rings. The normalized spacial score (nSPS) is 16.8. The predicted octanol–water partition coefficient (Wildman–Crippen LogP) is 4.22. The fourth-order valence-corrected chi connectivity index (χ4v) is 3.23. The van der Waals surface area contributed by atoms with Crippen LogP contribution in [0.4, 0.5) is 14.9 Å². The quantitative estimate of drug-likeness (QED) is 0.757. The van der Waals surface area contributed by atoms with Crippen LogP contribution in [0.5, 0.6) is 0 Å². The standard InChI is InChI=1S/C21H22FN3O2/c1-12(2)16-9-4-5-10-17(16)24-20(26)18-13(3)23-21(27)25-19(18)14-7-6-8-15(22)11-14/h4-12,19H,1-3H3,(H,24,26)(H2,23,25,27)/t19-/m1/s1. The molecule has 0 saturated carbocycles. The van der Waals surface area contributed by atoms with E-state index in [4.69, 9.17) is 0 Å². The molecule has 0 aliphatic carbocycles. The van der Waals surface area contributed by atoms with Crippen LogP contribution in [-0.2, 0) is 4.79 Å². The van der Waals surface area contributed by atoms with E-state index in [2.05, 4.69) is 16.0 Å². The van der Waals surface area contributed by atoms with Gasteiger partial charge in [-0.2, -0.15) is 0 Å². The molecular formula is C21H22FN3O2. The van der Waals surface area contributed by atoms with Crippen molar-refractivity contribution in [3.8, 4) is 0 Å². The highest BCUT2D eigenvalue weighted by Gasteiger charge is 2.31. The topological polar surface area (TPSA) is 70.2 Å². The van der Waals surface area contributed by atoms with E-state index < -0.39 is 17.9 Å². The molecule has 1 heterocycles. The SMILES string of the molecule is CC1=C(C(=O)Nc2ccccc2C(C)C)[C@@H](c2cccc(F)c2)NC(=O)N1. The number of amides is 3. The number of anilines is 1. The van der Waals surface area contributed by atoms with E-state index in [1.54, 1.807) is 19.1 Å². The Labute approximate surface area is 157 Å². The van der Waals surface area contributed by atoms with Crippen molar-refractivity contribution in [1.29, 1.82) is 0 Å². The molecule has 1 atom stereocenters. The number of para-hydroxylation sites is 1. The van der Waals surface area contributed by atoms with Crippen molar-refractivity contribution >= 4 is 17.6 Å². The first-order chi connectivity index (χ1) is 12.9. The van der Waals surface area contributed by atoms with Crippen LogP contribution in [0.25, 0.3) is 0 Å². The van der Waals surface area contributed by atoms with Crippen LogP contribution >= 0.6 is 0 Å². The van der Waals surface area contributed by atoms with Crippen LogP contribution in [0.2, 0.25) is 0 Å². The Morgan fingerprint density at radius 3 is 2.59 bits per heavy atom. The number of benzene rings is 2. The third-order valence-electron chi connectivity index (χ3n) is 4.53. The van der Waals surface area contributed by atoms with Gasteiger partial charge in [0.2, 0.25) is 0 Å². The first-order valence-corrected chi connectivity index (χ1v) is 8.81. The Morgan fingerprint density at radius 1 is 1.15 bits per heavy atom. The van der Waals surface area contributed by atoms with E-state index >= 15 is 0 Å². The lowest BCUT2D eigenvalue weighted by molar-refractivity contribution is -0.113. The lowest BCUT2D eigenvalue weighted by Gasteiger charge is -2.29. The maximum Gasteiger partial charge on any atom is 0.319 e. The van der Waals surface area contributed by atoms with Crippen LogP contribution in [0, 0.1) is 5.82 Å². The molecule has 0 spiro atoms. The Morgan fingerprint density at radius 2 is 1.89 bits per heavy atom. The minimum absolute atomic E-state index is 0.236. The third-order valence-corrected chi connectivity index (χ3v) is 4.53. The molecule has 3 N–H and O–H groups in total. The number of allylic oxidation sites excluding steroid dienone is 1. The zero-order valence-electron chi connectivity index (χ0n) is 15.5. The first kappa shape index (κ1) is 18.6. The Bertz CT molecular complexity index is 921. The minimum atomic E-state index is -0.735. The zero-order valence-corrected chi connectivity index (χ0v) is 15.5. The number of hydrogen-bond acceptors (Lipinski definition) is 2. The van der Waals surface area contributed by atoms with Gasteiger partial charge in [0.15, 0.2) is 0 Å². The van der Waals surface area contributed by atoms with Crippen molar-refractivity contribution in [3.05, 3.63) is 76.7 Å². The van der Waals surface area contributed by atoms with Gasteiger partial charge in [-0.05, 0) is 42.2 Å². The molecule has 3 amide bonds. The summed E-state index contributed by atoms with van der Waals surface area (Å²) < 4.78 is 13.7. The Balaban J connectivity index is 1.98. The number of urea groups is 1. The summed E-state index contributed by atoms with van der Waals surface area (Å²) in [5.41, 5.74) is 3.02. The molecule has 0 aromatic heterocycles. The Hall–Kier alpha value is -3.15. The van der Waals surface area contributed by atoms with Crippen molar-refractivity contribution in [1.82, 2.24) is 10.6 Å². The molecule has 0 radical (unpaired) electrons. The molecule has 140 valence electrons. The lowest BCUT2D eigenvalue weighted by Crippen LogP contribution is -2.46. The molecule has 0 saturated heterocycles. The second-order valence-corrected chi connectivity index (χ2v) is 6.82. The lowest BCUT2D eigenvalue weighted by atomic mass is 9.94. The predicted molar refractivity (Wildman–Crippen MR) is 103 cm³/mol. The third kappa shape index (κ3) is 4.00. The summed E-state index contributed by atoms with van der Waals surface area (Å²) in [7, 11) is 0. The first-order valence-electron chi connectivity index (χ1n) is 8.81. The van der Waals surface area contributed by atoms with Gasteiger partial charge >= 0.3 is 6.03 Å². The Kier molecular flexibility index (Phi) is 5.26. The highest BCUT2D eigenvalue weighted by Crippen LogP contribution is 2.30. The summed E-state index contributed by atoms with van der Waals surface area (Å²) in [6.07, 6.45) is 0. The number of carbonyl (C=O) groups is 2. The number of nitrogens with one attached hydrogen (secondary N) is 3. The highest BCUT2D eigenvalue weighted by atomic mass is 19.1. The van der Waals surface area contributed by atoms with Gasteiger partial charge in [-0.15, -0.1) is 0 Å². The van der Waals surface area contributed by atoms with Gasteiger partial charge in [0, 0.05) is 11.4 Å². The summed E-state index contributed by atoms with van der Waals surface area (Å²) in [6, 6.07) is 12.3. The minimum Gasteiger partial charge on any atom is -0.327 e. The molecule has 1 aliphatic rings. The van der Waals surface area contributed by atoms with E-state index in [1.165, 1.54) is 12.1 Å². The van der Waals surface area contributed by atoms with E-state index in [1.807, 2.05) is 38.1 Å². The van der Waals surface area contributed by atoms with Gasteiger partial charge in [-0.1, -0.05) is 44.2 Å². The zero-order chi connectivity index (χ0) is 19.6. The molecular weight excluding hydrogens is 345 g/mol. The van der Waals surface area contributed by atoms with Gasteiger partial charge in [0.25, 0.3) is 5.91 Å². The molecule has 0 bridgehead atoms. The molecule has 0 unspecified atom stereocenters. The van der Waals surface area contributed by atoms with Crippen LogP contribution in [0.15, 0.2) is 59.8 Å². The average molecular weight is 367 g/mol. The van der Waals surface area contributed by atoms with E-state index in [9.17, 15) is 14.0 Å². The monoisotopic (exact) mass is 367 g/mol. The molecule has 3 rings (SSSR count). The molecule has 2 aromatic carbocycles. The summed E-state index contributed by atoms with van der Waals surface area (Å²) >= 11 is 0. The summed E-state index contributed by atoms with van der Waals surface area (Å²) in [5.74, 6) is -0.537. The second kappa shape index (κ2) is 7.61. The van der Waals surface area contributed by atoms with Crippen molar-refractivity contribution in [2.24, 2.45) is 0 Å². The van der Waals surface area contributed by atoms with E-state index in [0.29, 0.717) is 22.5 Å².